The van der Waals surface area contributed by atoms with Crippen LogP contribution in [0.1, 0.15) is 13.8 Å². The van der Waals surface area contributed by atoms with E-state index < -0.39 is 0 Å². The first-order chi connectivity index (χ1) is 5.88. The second-order valence-electron chi connectivity index (χ2n) is 2.46. The quantitative estimate of drug-likeness (QED) is 0.809. The van der Waals surface area contributed by atoms with Crippen molar-refractivity contribution in [2.24, 2.45) is 0 Å². The van der Waals surface area contributed by atoms with Crippen LogP contribution in [0.4, 0.5) is 5.69 Å². The highest BCUT2D eigenvalue weighted by molar-refractivity contribution is 5.85. The molecule has 0 aliphatic heterocycles. The van der Waals surface area contributed by atoms with Crippen molar-refractivity contribution in [1.29, 1.82) is 0 Å². The van der Waals surface area contributed by atoms with Crippen molar-refractivity contribution in [3.05, 3.63) is 24.3 Å². The summed E-state index contributed by atoms with van der Waals surface area (Å²) in [6.45, 7) is 5.69. The Morgan fingerprint density at radius 3 is 2.54 bits per heavy atom. The summed E-state index contributed by atoms with van der Waals surface area (Å²) in [6, 6.07) is 7.97. The van der Waals surface area contributed by atoms with E-state index in [0.717, 1.165) is 18.0 Å². The fraction of sp³-hybridized carbons (Fsp3) is 0.400. The standard InChI is InChI=1S/C10H15NO.ClH/c1-3-11-9-7-5-6-8-10(9)12-4-2;/h5-8,11H,3-4H2,1-2H3;1H. The highest BCUT2D eigenvalue weighted by Crippen LogP contribution is 2.22. The maximum atomic E-state index is 5.43. The molecule has 0 amide bonds. The molecule has 13 heavy (non-hydrogen) atoms. The van der Waals surface area contributed by atoms with E-state index in [4.69, 9.17) is 4.74 Å². The molecular formula is C10H16ClNO. The summed E-state index contributed by atoms with van der Waals surface area (Å²) in [5.41, 5.74) is 1.07. The summed E-state index contributed by atoms with van der Waals surface area (Å²) in [4.78, 5) is 0. The number of ether oxygens (including phenoxy) is 1. The van der Waals surface area contributed by atoms with Gasteiger partial charge in [-0.2, -0.15) is 0 Å². The lowest BCUT2D eigenvalue weighted by Gasteiger charge is -2.09. The van der Waals surface area contributed by atoms with Gasteiger partial charge in [0, 0.05) is 6.54 Å². The number of para-hydroxylation sites is 2. The molecule has 74 valence electrons. The molecule has 0 radical (unpaired) electrons. The Morgan fingerprint density at radius 2 is 1.92 bits per heavy atom. The van der Waals surface area contributed by atoms with Crippen molar-refractivity contribution in [1.82, 2.24) is 0 Å². The van der Waals surface area contributed by atoms with E-state index in [1.54, 1.807) is 0 Å². The van der Waals surface area contributed by atoms with E-state index >= 15 is 0 Å². The fourth-order valence-electron chi connectivity index (χ4n) is 1.08. The third-order valence-electron chi connectivity index (χ3n) is 1.55. The second kappa shape index (κ2) is 6.61. The lowest BCUT2D eigenvalue weighted by Crippen LogP contribution is -2.00. The van der Waals surface area contributed by atoms with Crippen LogP contribution in [0.2, 0.25) is 0 Å². The highest BCUT2D eigenvalue weighted by atomic mass is 35.5. The number of rotatable bonds is 4. The molecule has 0 aliphatic rings. The number of hydrogen-bond donors (Lipinski definition) is 1. The summed E-state index contributed by atoms with van der Waals surface area (Å²) in [7, 11) is 0. The summed E-state index contributed by atoms with van der Waals surface area (Å²) >= 11 is 0. The maximum Gasteiger partial charge on any atom is 0.142 e. The van der Waals surface area contributed by atoms with Gasteiger partial charge >= 0.3 is 0 Å². The van der Waals surface area contributed by atoms with E-state index in [9.17, 15) is 0 Å². The molecule has 0 saturated carbocycles. The van der Waals surface area contributed by atoms with Crippen LogP contribution >= 0.6 is 12.4 Å². The van der Waals surface area contributed by atoms with Crippen molar-refractivity contribution < 1.29 is 4.74 Å². The van der Waals surface area contributed by atoms with Gasteiger partial charge in [0.1, 0.15) is 5.75 Å². The molecule has 0 aliphatic carbocycles. The highest BCUT2D eigenvalue weighted by Gasteiger charge is 1.98. The van der Waals surface area contributed by atoms with Gasteiger partial charge < -0.3 is 10.1 Å². The summed E-state index contributed by atoms with van der Waals surface area (Å²) in [6.07, 6.45) is 0. The van der Waals surface area contributed by atoms with Crippen LogP contribution in [-0.2, 0) is 0 Å². The molecule has 1 aromatic rings. The van der Waals surface area contributed by atoms with E-state index in [0.29, 0.717) is 6.61 Å². The van der Waals surface area contributed by atoms with Crippen LogP contribution in [0.15, 0.2) is 24.3 Å². The second-order valence-corrected chi connectivity index (χ2v) is 2.46. The van der Waals surface area contributed by atoms with Crippen LogP contribution in [0.25, 0.3) is 0 Å². The molecule has 0 heterocycles. The first-order valence-electron chi connectivity index (χ1n) is 4.34. The monoisotopic (exact) mass is 201 g/mol. The molecule has 0 aromatic heterocycles. The third-order valence-corrected chi connectivity index (χ3v) is 1.55. The normalized spacial score (nSPS) is 8.77. The number of halogens is 1. The Balaban J connectivity index is 0.00000144. The van der Waals surface area contributed by atoms with Crippen molar-refractivity contribution >= 4 is 18.1 Å². The Kier molecular flexibility index (Phi) is 6.15. The smallest absolute Gasteiger partial charge is 0.142 e. The minimum atomic E-state index is 0. The summed E-state index contributed by atoms with van der Waals surface area (Å²) in [5, 5.41) is 3.24. The van der Waals surface area contributed by atoms with Crippen LogP contribution in [-0.4, -0.2) is 13.2 Å². The van der Waals surface area contributed by atoms with Gasteiger partial charge in [0.25, 0.3) is 0 Å². The van der Waals surface area contributed by atoms with Crippen LogP contribution < -0.4 is 10.1 Å². The minimum absolute atomic E-state index is 0. The third kappa shape index (κ3) is 3.55. The lowest BCUT2D eigenvalue weighted by molar-refractivity contribution is 0.342. The zero-order chi connectivity index (χ0) is 8.81. The molecule has 3 heteroatoms. The van der Waals surface area contributed by atoms with E-state index in [-0.39, 0.29) is 12.4 Å². The molecule has 0 bridgehead atoms. The first-order valence-corrected chi connectivity index (χ1v) is 4.34. The largest absolute Gasteiger partial charge is 0.492 e. The SMILES string of the molecule is CCNc1ccccc1OCC.Cl. The fourth-order valence-corrected chi connectivity index (χ4v) is 1.08. The number of anilines is 1. The maximum absolute atomic E-state index is 5.43. The van der Waals surface area contributed by atoms with Crippen LogP contribution in [0, 0.1) is 0 Å². The van der Waals surface area contributed by atoms with E-state index in [2.05, 4.69) is 12.2 Å². The van der Waals surface area contributed by atoms with Gasteiger partial charge in [-0.3, -0.25) is 0 Å². The molecule has 2 nitrogen and oxygen atoms in total. The number of benzene rings is 1. The molecule has 0 fully saturated rings. The molecule has 0 spiro atoms. The molecule has 1 N–H and O–H groups in total. The summed E-state index contributed by atoms with van der Waals surface area (Å²) < 4.78 is 5.43. The average molecular weight is 202 g/mol. The van der Waals surface area contributed by atoms with Gasteiger partial charge in [0.15, 0.2) is 0 Å². The van der Waals surface area contributed by atoms with E-state index in [1.807, 2.05) is 31.2 Å². The molecule has 0 saturated heterocycles. The van der Waals surface area contributed by atoms with Gasteiger partial charge in [-0.25, -0.2) is 0 Å². The number of nitrogens with one attached hydrogen (secondary N) is 1. The van der Waals surface area contributed by atoms with Crippen molar-refractivity contribution in [3.8, 4) is 5.75 Å². The van der Waals surface area contributed by atoms with Crippen molar-refractivity contribution in [2.75, 3.05) is 18.5 Å². The van der Waals surface area contributed by atoms with Crippen molar-refractivity contribution in [2.45, 2.75) is 13.8 Å². The average Bonchev–Trinajstić information content (AvgIpc) is 2.09. The predicted molar refractivity (Wildman–Crippen MR) is 59.0 cm³/mol. The predicted octanol–water partition coefficient (Wildman–Crippen LogP) is 2.94. The molecule has 0 unspecified atom stereocenters. The van der Waals surface area contributed by atoms with Gasteiger partial charge in [0.2, 0.25) is 0 Å². The molecule has 1 rings (SSSR count). The Bertz CT molecular complexity index is 215. The Hall–Kier alpha value is -0.890. The van der Waals surface area contributed by atoms with E-state index in [1.165, 1.54) is 0 Å². The molecular weight excluding hydrogens is 186 g/mol. The van der Waals surface area contributed by atoms with Gasteiger partial charge in [-0.15, -0.1) is 12.4 Å². The Morgan fingerprint density at radius 1 is 1.23 bits per heavy atom. The Labute approximate surface area is 85.7 Å². The molecule has 1 aromatic carbocycles. The summed E-state index contributed by atoms with van der Waals surface area (Å²) in [5.74, 6) is 0.932. The van der Waals surface area contributed by atoms with Crippen LogP contribution in [0.5, 0.6) is 5.75 Å². The van der Waals surface area contributed by atoms with Gasteiger partial charge in [0.05, 0.1) is 12.3 Å². The van der Waals surface area contributed by atoms with Gasteiger partial charge in [-0.05, 0) is 26.0 Å². The zero-order valence-corrected chi connectivity index (χ0v) is 8.86. The van der Waals surface area contributed by atoms with Crippen molar-refractivity contribution in [3.63, 3.8) is 0 Å². The first kappa shape index (κ1) is 12.1. The van der Waals surface area contributed by atoms with Gasteiger partial charge in [-0.1, -0.05) is 12.1 Å². The number of hydrogen-bond acceptors (Lipinski definition) is 2. The topological polar surface area (TPSA) is 21.3 Å². The molecule has 0 atom stereocenters. The van der Waals surface area contributed by atoms with Crippen LogP contribution in [0.3, 0.4) is 0 Å². The lowest BCUT2D eigenvalue weighted by atomic mass is 10.3. The minimum Gasteiger partial charge on any atom is -0.492 e. The zero-order valence-electron chi connectivity index (χ0n) is 8.04.